The van der Waals surface area contributed by atoms with Crippen LogP contribution in [0.15, 0.2) is 75.3 Å². The predicted molar refractivity (Wildman–Crippen MR) is 135 cm³/mol. The Labute approximate surface area is 209 Å². The van der Waals surface area contributed by atoms with E-state index in [1.807, 2.05) is 24.4 Å². The number of urea groups is 1. The molecule has 2 aromatic heterocycles. The fourth-order valence-electron chi connectivity index (χ4n) is 3.58. The van der Waals surface area contributed by atoms with Gasteiger partial charge >= 0.3 is 11.7 Å². The number of thiophene rings is 1. The number of aryl methyl sites for hydroxylation is 1. The Morgan fingerprint density at radius 2 is 1.75 bits per heavy atom. The van der Waals surface area contributed by atoms with E-state index in [0.29, 0.717) is 23.3 Å². The first-order valence-corrected chi connectivity index (χ1v) is 11.9. The van der Waals surface area contributed by atoms with E-state index >= 15 is 0 Å². The van der Waals surface area contributed by atoms with Gasteiger partial charge in [0, 0.05) is 21.9 Å². The zero-order chi connectivity index (χ0) is 25.7. The number of benzene rings is 2. The fourth-order valence-corrected chi connectivity index (χ4v) is 4.22. The second kappa shape index (κ2) is 11.0. The molecule has 0 fully saturated rings. The highest BCUT2D eigenvalue weighted by molar-refractivity contribution is 7.09. The third kappa shape index (κ3) is 6.04. The zero-order valence-electron chi connectivity index (χ0n) is 19.2. The van der Waals surface area contributed by atoms with E-state index in [9.17, 15) is 24.3 Å². The summed E-state index contributed by atoms with van der Waals surface area (Å²) in [4.78, 5) is 48.7. The van der Waals surface area contributed by atoms with Crippen molar-refractivity contribution in [3.05, 3.63) is 104 Å². The molecule has 0 saturated carbocycles. The smallest absolute Gasteiger partial charge is 0.336 e. The second-order valence-electron chi connectivity index (χ2n) is 8.02. The van der Waals surface area contributed by atoms with Crippen molar-refractivity contribution in [3.8, 4) is 0 Å². The lowest BCUT2D eigenvalue weighted by Gasteiger charge is -2.13. The van der Waals surface area contributed by atoms with Crippen LogP contribution >= 0.6 is 11.3 Å². The Bertz CT molecular complexity index is 1460. The summed E-state index contributed by atoms with van der Waals surface area (Å²) in [5.74, 6) is -1.16. The highest BCUT2D eigenvalue weighted by Gasteiger charge is 2.15. The van der Waals surface area contributed by atoms with Gasteiger partial charge in [0.05, 0.1) is 13.1 Å². The van der Waals surface area contributed by atoms with Crippen LogP contribution in [-0.4, -0.2) is 29.5 Å². The monoisotopic (exact) mass is 505 g/mol. The first-order valence-electron chi connectivity index (χ1n) is 11.0. The lowest BCUT2D eigenvalue weighted by atomic mass is 9.98. The van der Waals surface area contributed by atoms with Crippen LogP contribution in [0.25, 0.3) is 11.0 Å². The molecule has 0 spiro atoms. The van der Waals surface area contributed by atoms with E-state index in [1.165, 1.54) is 29.5 Å². The molecule has 9 nitrogen and oxygen atoms in total. The minimum absolute atomic E-state index is 0.279. The standard InChI is InChI=1S/C26H23N3O6S/c1-15-11-23(31)35-21-12-18(8-9-20(15)21)24(32)16-4-6-17(7-5-16)25(33)27-14-22(30)29-26(34)28-13-19-3-2-10-36-19/h2-12,24,32H,13-14H2,1H3,(H,27,33)(H2,28,29,30,34). The molecule has 0 radical (unpaired) electrons. The summed E-state index contributed by atoms with van der Waals surface area (Å²) in [5, 5.41) is 20.6. The average molecular weight is 506 g/mol. The number of fused-ring (bicyclic) bond motifs is 1. The summed E-state index contributed by atoms with van der Waals surface area (Å²) in [6.07, 6.45) is -1.00. The molecule has 4 N–H and O–H groups in total. The number of amides is 4. The number of carbonyl (C=O) groups excluding carboxylic acids is 3. The highest BCUT2D eigenvalue weighted by atomic mass is 32.1. The van der Waals surface area contributed by atoms with E-state index in [-0.39, 0.29) is 12.1 Å². The Morgan fingerprint density at radius 3 is 2.47 bits per heavy atom. The molecule has 0 saturated heterocycles. The van der Waals surface area contributed by atoms with Crippen molar-refractivity contribution < 1.29 is 23.9 Å². The van der Waals surface area contributed by atoms with Crippen molar-refractivity contribution >= 4 is 40.2 Å². The van der Waals surface area contributed by atoms with Crippen molar-refractivity contribution in [1.29, 1.82) is 0 Å². The molecule has 1 unspecified atom stereocenters. The summed E-state index contributed by atoms with van der Waals surface area (Å²) in [7, 11) is 0. The molecule has 4 amide bonds. The summed E-state index contributed by atoms with van der Waals surface area (Å²) in [6.45, 7) is 1.73. The second-order valence-corrected chi connectivity index (χ2v) is 9.05. The Kier molecular flexibility index (Phi) is 7.57. The van der Waals surface area contributed by atoms with Gasteiger partial charge in [-0.3, -0.25) is 14.9 Å². The molecule has 0 aliphatic rings. The Balaban J connectivity index is 1.31. The largest absolute Gasteiger partial charge is 0.423 e. The van der Waals surface area contributed by atoms with Gasteiger partial charge in [-0.15, -0.1) is 11.3 Å². The molecule has 4 rings (SSSR count). The van der Waals surface area contributed by atoms with Gasteiger partial charge in [-0.2, -0.15) is 0 Å². The van der Waals surface area contributed by atoms with E-state index in [1.54, 1.807) is 30.3 Å². The maximum absolute atomic E-state index is 12.4. The lowest BCUT2D eigenvalue weighted by Crippen LogP contribution is -2.44. The SMILES string of the molecule is Cc1cc(=O)oc2cc(C(O)c3ccc(C(=O)NCC(=O)NC(=O)NCc4cccs4)cc3)ccc12. The van der Waals surface area contributed by atoms with Gasteiger partial charge in [0.25, 0.3) is 5.91 Å². The van der Waals surface area contributed by atoms with Crippen LogP contribution in [0, 0.1) is 6.92 Å². The first kappa shape index (κ1) is 24.8. The normalized spacial score (nSPS) is 11.6. The summed E-state index contributed by atoms with van der Waals surface area (Å²) < 4.78 is 5.24. The van der Waals surface area contributed by atoms with Crippen LogP contribution in [0.2, 0.25) is 0 Å². The molecule has 0 aliphatic carbocycles. The third-order valence-corrected chi connectivity index (χ3v) is 6.32. The van der Waals surface area contributed by atoms with Crippen LogP contribution < -0.4 is 21.6 Å². The minimum Gasteiger partial charge on any atom is -0.423 e. The molecule has 1 atom stereocenters. The zero-order valence-corrected chi connectivity index (χ0v) is 20.1. The molecule has 2 aromatic carbocycles. The highest BCUT2D eigenvalue weighted by Crippen LogP contribution is 2.26. The number of imide groups is 1. The fraction of sp³-hybridized carbons (Fsp3) is 0.154. The molecular weight excluding hydrogens is 482 g/mol. The van der Waals surface area contributed by atoms with Crippen LogP contribution in [-0.2, 0) is 11.3 Å². The van der Waals surface area contributed by atoms with Crippen LogP contribution in [0.4, 0.5) is 4.79 Å². The van der Waals surface area contributed by atoms with Crippen molar-refractivity contribution in [1.82, 2.24) is 16.0 Å². The number of hydrogen-bond donors (Lipinski definition) is 4. The van der Waals surface area contributed by atoms with Gasteiger partial charge in [-0.25, -0.2) is 9.59 Å². The quantitative estimate of drug-likeness (QED) is 0.285. The van der Waals surface area contributed by atoms with Crippen molar-refractivity contribution in [2.45, 2.75) is 19.6 Å². The molecule has 4 aromatic rings. The molecule has 184 valence electrons. The summed E-state index contributed by atoms with van der Waals surface area (Å²) >= 11 is 1.48. The molecular formula is C26H23N3O6S. The van der Waals surface area contributed by atoms with E-state index in [0.717, 1.165) is 15.8 Å². The van der Waals surface area contributed by atoms with E-state index < -0.39 is 29.6 Å². The maximum atomic E-state index is 12.4. The molecule has 0 aliphatic heterocycles. The number of aliphatic hydroxyl groups excluding tert-OH is 1. The predicted octanol–water partition coefficient (Wildman–Crippen LogP) is 3.00. The molecule has 0 bridgehead atoms. The number of hydrogen-bond acceptors (Lipinski definition) is 7. The van der Waals surface area contributed by atoms with E-state index in [2.05, 4.69) is 16.0 Å². The minimum atomic E-state index is -1.00. The van der Waals surface area contributed by atoms with Gasteiger partial charge in [0.15, 0.2) is 0 Å². The molecule has 36 heavy (non-hydrogen) atoms. The van der Waals surface area contributed by atoms with Crippen LogP contribution in [0.1, 0.15) is 38.0 Å². The Hall–Kier alpha value is -4.28. The van der Waals surface area contributed by atoms with Gasteiger partial charge < -0.3 is 20.2 Å². The van der Waals surface area contributed by atoms with Gasteiger partial charge in [0.2, 0.25) is 5.91 Å². The van der Waals surface area contributed by atoms with Crippen LogP contribution in [0.3, 0.4) is 0 Å². The van der Waals surface area contributed by atoms with Crippen molar-refractivity contribution in [2.75, 3.05) is 6.54 Å². The molecule has 2 heterocycles. The number of rotatable bonds is 7. The summed E-state index contributed by atoms with van der Waals surface area (Å²) in [5.41, 5.74) is 2.04. The van der Waals surface area contributed by atoms with Gasteiger partial charge in [0.1, 0.15) is 11.7 Å². The first-order chi connectivity index (χ1) is 17.3. The number of nitrogens with one attached hydrogen (secondary N) is 3. The third-order valence-electron chi connectivity index (χ3n) is 5.45. The topological polar surface area (TPSA) is 138 Å². The lowest BCUT2D eigenvalue weighted by molar-refractivity contribution is -0.119. The summed E-state index contributed by atoms with van der Waals surface area (Å²) in [6, 6.07) is 15.8. The Morgan fingerprint density at radius 1 is 1.00 bits per heavy atom. The van der Waals surface area contributed by atoms with Crippen molar-refractivity contribution in [3.63, 3.8) is 0 Å². The molecule has 10 heteroatoms. The van der Waals surface area contributed by atoms with Crippen molar-refractivity contribution in [2.24, 2.45) is 0 Å². The van der Waals surface area contributed by atoms with Gasteiger partial charge in [-0.05, 0) is 53.3 Å². The maximum Gasteiger partial charge on any atom is 0.336 e. The van der Waals surface area contributed by atoms with E-state index in [4.69, 9.17) is 4.42 Å². The number of carbonyl (C=O) groups is 3. The number of aliphatic hydroxyl groups is 1. The van der Waals surface area contributed by atoms with Crippen LogP contribution in [0.5, 0.6) is 0 Å². The van der Waals surface area contributed by atoms with Gasteiger partial charge in [-0.1, -0.05) is 30.3 Å². The average Bonchev–Trinajstić information content (AvgIpc) is 3.39.